The van der Waals surface area contributed by atoms with E-state index in [9.17, 15) is 4.39 Å². The predicted octanol–water partition coefficient (Wildman–Crippen LogP) is 2.88. The SMILES string of the molecule is Nc1ccc(F)cc1C1CCc2cccnc21. The van der Waals surface area contributed by atoms with Gasteiger partial charge in [-0.2, -0.15) is 0 Å². The highest BCUT2D eigenvalue weighted by Crippen LogP contribution is 2.38. The Kier molecular flexibility index (Phi) is 2.32. The van der Waals surface area contributed by atoms with Crippen LogP contribution >= 0.6 is 0 Å². The molecule has 1 aromatic carbocycles. The van der Waals surface area contributed by atoms with Gasteiger partial charge in [-0.25, -0.2) is 4.39 Å². The summed E-state index contributed by atoms with van der Waals surface area (Å²) in [6, 6.07) is 8.58. The summed E-state index contributed by atoms with van der Waals surface area (Å²) in [6.07, 6.45) is 3.73. The maximum absolute atomic E-state index is 13.3. The molecule has 3 rings (SSSR count). The van der Waals surface area contributed by atoms with Crippen molar-refractivity contribution in [2.24, 2.45) is 0 Å². The van der Waals surface area contributed by atoms with E-state index in [1.54, 1.807) is 12.3 Å². The molecule has 2 nitrogen and oxygen atoms in total. The van der Waals surface area contributed by atoms with Crippen LogP contribution in [0.5, 0.6) is 0 Å². The second-order valence-electron chi connectivity index (χ2n) is 4.41. The van der Waals surface area contributed by atoms with Crippen molar-refractivity contribution in [3.8, 4) is 0 Å². The Balaban J connectivity index is 2.10. The zero-order valence-corrected chi connectivity index (χ0v) is 9.36. The number of benzene rings is 1. The van der Waals surface area contributed by atoms with Crippen molar-refractivity contribution in [3.63, 3.8) is 0 Å². The van der Waals surface area contributed by atoms with Crippen LogP contribution in [0, 0.1) is 5.82 Å². The molecule has 1 aromatic heterocycles. The molecule has 0 amide bonds. The van der Waals surface area contributed by atoms with Crippen LogP contribution < -0.4 is 5.73 Å². The molecule has 86 valence electrons. The molecule has 0 aliphatic heterocycles. The second-order valence-corrected chi connectivity index (χ2v) is 4.41. The lowest BCUT2D eigenvalue weighted by Gasteiger charge is -2.13. The number of rotatable bonds is 1. The van der Waals surface area contributed by atoms with Crippen molar-refractivity contribution >= 4 is 5.69 Å². The summed E-state index contributed by atoms with van der Waals surface area (Å²) < 4.78 is 13.3. The van der Waals surface area contributed by atoms with Crippen molar-refractivity contribution in [3.05, 3.63) is 59.2 Å². The number of nitrogens with zero attached hydrogens (tertiary/aromatic N) is 1. The fraction of sp³-hybridized carbons (Fsp3) is 0.214. The third kappa shape index (κ3) is 1.68. The van der Waals surface area contributed by atoms with Crippen LogP contribution in [-0.2, 0) is 6.42 Å². The van der Waals surface area contributed by atoms with E-state index in [2.05, 4.69) is 11.1 Å². The van der Waals surface area contributed by atoms with E-state index >= 15 is 0 Å². The number of pyridine rings is 1. The number of hydrogen-bond donors (Lipinski definition) is 1. The normalized spacial score (nSPS) is 18.1. The first-order chi connectivity index (χ1) is 8.25. The van der Waals surface area contributed by atoms with Crippen LogP contribution in [0.15, 0.2) is 36.5 Å². The summed E-state index contributed by atoms with van der Waals surface area (Å²) >= 11 is 0. The van der Waals surface area contributed by atoms with E-state index in [4.69, 9.17) is 5.73 Å². The molecule has 1 heterocycles. The maximum Gasteiger partial charge on any atom is 0.123 e. The number of fused-ring (bicyclic) bond motifs is 1. The summed E-state index contributed by atoms with van der Waals surface area (Å²) in [5, 5.41) is 0. The van der Waals surface area contributed by atoms with Gasteiger partial charge in [0.15, 0.2) is 0 Å². The fourth-order valence-corrected chi connectivity index (χ4v) is 2.56. The highest BCUT2D eigenvalue weighted by Gasteiger charge is 2.26. The second kappa shape index (κ2) is 3.84. The third-order valence-corrected chi connectivity index (χ3v) is 3.38. The molecule has 1 aliphatic carbocycles. The number of aryl methyl sites for hydroxylation is 1. The van der Waals surface area contributed by atoms with Gasteiger partial charge in [0.1, 0.15) is 5.82 Å². The molecule has 0 radical (unpaired) electrons. The zero-order valence-electron chi connectivity index (χ0n) is 9.36. The van der Waals surface area contributed by atoms with E-state index in [-0.39, 0.29) is 11.7 Å². The topological polar surface area (TPSA) is 38.9 Å². The molecule has 0 saturated carbocycles. The Morgan fingerprint density at radius 1 is 1.29 bits per heavy atom. The lowest BCUT2D eigenvalue weighted by atomic mass is 9.95. The van der Waals surface area contributed by atoms with Gasteiger partial charge in [0.2, 0.25) is 0 Å². The largest absolute Gasteiger partial charge is 0.398 e. The fourth-order valence-electron chi connectivity index (χ4n) is 2.56. The minimum Gasteiger partial charge on any atom is -0.398 e. The minimum atomic E-state index is -0.237. The minimum absolute atomic E-state index is 0.141. The lowest BCUT2D eigenvalue weighted by molar-refractivity contribution is 0.622. The molecule has 2 N–H and O–H groups in total. The molecule has 1 atom stereocenters. The van der Waals surface area contributed by atoms with Crippen molar-refractivity contribution < 1.29 is 4.39 Å². The average Bonchev–Trinajstić information content (AvgIpc) is 2.76. The Morgan fingerprint density at radius 3 is 3.06 bits per heavy atom. The van der Waals surface area contributed by atoms with Gasteiger partial charge in [-0.1, -0.05) is 6.07 Å². The first-order valence-corrected chi connectivity index (χ1v) is 5.74. The van der Waals surface area contributed by atoms with Gasteiger partial charge in [-0.3, -0.25) is 4.98 Å². The molecular weight excluding hydrogens is 215 g/mol. The molecule has 0 spiro atoms. The van der Waals surface area contributed by atoms with Gasteiger partial charge in [0.25, 0.3) is 0 Å². The lowest BCUT2D eigenvalue weighted by Crippen LogP contribution is -2.03. The zero-order chi connectivity index (χ0) is 11.8. The number of nitrogens with two attached hydrogens (primary N) is 1. The van der Waals surface area contributed by atoms with E-state index < -0.39 is 0 Å². The van der Waals surface area contributed by atoms with Crippen molar-refractivity contribution in [1.82, 2.24) is 4.98 Å². The molecule has 1 aliphatic rings. The molecule has 0 saturated heterocycles. The quantitative estimate of drug-likeness (QED) is 0.762. The first kappa shape index (κ1) is 10.3. The number of halogens is 1. The highest BCUT2D eigenvalue weighted by atomic mass is 19.1. The number of anilines is 1. The summed E-state index contributed by atoms with van der Waals surface area (Å²) in [4.78, 5) is 4.41. The monoisotopic (exact) mass is 228 g/mol. The molecule has 1 unspecified atom stereocenters. The van der Waals surface area contributed by atoms with E-state index in [1.165, 1.54) is 17.7 Å². The smallest absolute Gasteiger partial charge is 0.123 e. The Labute approximate surface area is 99.3 Å². The standard InChI is InChI=1S/C14H13FN2/c15-10-4-6-13(16)12(8-10)11-5-3-9-2-1-7-17-14(9)11/h1-2,4,6-8,11H,3,5,16H2. The van der Waals surface area contributed by atoms with Crippen LogP contribution in [0.2, 0.25) is 0 Å². The molecule has 0 fully saturated rings. The van der Waals surface area contributed by atoms with Crippen LogP contribution in [0.25, 0.3) is 0 Å². The summed E-state index contributed by atoms with van der Waals surface area (Å²) in [7, 11) is 0. The molecule has 3 heteroatoms. The average molecular weight is 228 g/mol. The summed E-state index contributed by atoms with van der Waals surface area (Å²) in [5.74, 6) is -0.0968. The highest BCUT2D eigenvalue weighted by molar-refractivity contribution is 5.53. The Morgan fingerprint density at radius 2 is 2.18 bits per heavy atom. The molecule has 0 bridgehead atoms. The van der Waals surface area contributed by atoms with Crippen LogP contribution in [0.3, 0.4) is 0 Å². The van der Waals surface area contributed by atoms with Gasteiger partial charge < -0.3 is 5.73 Å². The first-order valence-electron chi connectivity index (χ1n) is 5.74. The van der Waals surface area contributed by atoms with Gasteiger partial charge in [0, 0.05) is 17.8 Å². The van der Waals surface area contributed by atoms with Crippen molar-refractivity contribution in [1.29, 1.82) is 0 Å². The molecule has 2 aromatic rings. The van der Waals surface area contributed by atoms with Gasteiger partial charge in [0.05, 0.1) is 5.69 Å². The summed E-state index contributed by atoms with van der Waals surface area (Å²) in [6.45, 7) is 0. The number of aromatic nitrogens is 1. The summed E-state index contributed by atoms with van der Waals surface area (Å²) in [5.41, 5.74) is 9.74. The maximum atomic E-state index is 13.3. The molecular formula is C14H13FN2. The van der Waals surface area contributed by atoms with Crippen LogP contribution in [0.1, 0.15) is 29.2 Å². The van der Waals surface area contributed by atoms with Crippen molar-refractivity contribution in [2.45, 2.75) is 18.8 Å². The number of nitrogen functional groups attached to an aromatic ring is 1. The van der Waals surface area contributed by atoms with Crippen LogP contribution in [-0.4, -0.2) is 4.98 Å². The van der Waals surface area contributed by atoms with Gasteiger partial charge in [-0.05, 0) is 48.2 Å². The van der Waals surface area contributed by atoms with Gasteiger partial charge in [-0.15, -0.1) is 0 Å². The molecule has 17 heavy (non-hydrogen) atoms. The third-order valence-electron chi connectivity index (χ3n) is 3.38. The Hall–Kier alpha value is -1.90. The van der Waals surface area contributed by atoms with E-state index in [0.29, 0.717) is 5.69 Å². The Bertz CT molecular complexity index is 566. The van der Waals surface area contributed by atoms with Crippen LogP contribution in [0.4, 0.5) is 10.1 Å². The van der Waals surface area contributed by atoms with Gasteiger partial charge >= 0.3 is 0 Å². The van der Waals surface area contributed by atoms with E-state index in [0.717, 1.165) is 24.1 Å². The number of hydrogen-bond acceptors (Lipinski definition) is 2. The van der Waals surface area contributed by atoms with E-state index in [1.807, 2.05) is 6.07 Å². The van der Waals surface area contributed by atoms with Crippen molar-refractivity contribution in [2.75, 3.05) is 5.73 Å². The predicted molar refractivity (Wildman–Crippen MR) is 65.2 cm³/mol.